The van der Waals surface area contributed by atoms with E-state index in [1.807, 2.05) is 60.7 Å². The zero-order valence-corrected chi connectivity index (χ0v) is 9.54. The van der Waals surface area contributed by atoms with Crippen molar-refractivity contribution in [3.05, 3.63) is 71.8 Å². The Kier molecular flexibility index (Phi) is 3.92. The predicted molar refractivity (Wildman–Crippen MR) is 67.4 cm³/mol. The van der Waals surface area contributed by atoms with Crippen LogP contribution in [0.2, 0.25) is 0 Å². The van der Waals surface area contributed by atoms with Gasteiger partial charge in [-0.2, -0.15) is 0 Å². The summed E-state index contributed by atoms with van der Waals surface area (Å²) in [6, 6.07) is 19.5. The second-order valence-electron chi connectivity index (χ2n) is 3.86. The largest absolute Gasteiger partial charge is 0.273 e. The van der Waals surface area contributed by atoms with E-state index in [0.29, 0.717) is 13.0 Å². The van der Waals surface area contributed by atoms with Crippen LogP contribution in [0.15, 0.2) is 60.7 Å². The molecule has 0 aromatic heterocycles. The topological polar surface area (TPSA) is 31.2 Å². The smallest absolute Gasteiger partial charge is 0.245 e. The van der Waals surface area contributed by atoms with Crippen LogP contribution in [0.4, 0.5) is 0 Å². The van der Waals surface area contributed by atoms with E-state index < -0.39 is 0 Å². The fourth-order valence-electron chi connectivity index (χ4n) is 1.59. The first-order valence-corrected chi connectivity index (χ1v) is 5.63. The fourth-order valence-corrected chi connectivity index (χ4v) is 1.59. The number of nitrogens with zero attached hydrogens (tertiary/aromatic N) is 1. The first-order chi connectivity index (χ1) is 8.34. The highest BCUT2D eigenvalue weighted by atomic mass is 16.1. The monoisotopic (exact) mass is 224 g/mol. The SMILES string of the molecule is O=C(Cc1ccccc1)[N]Cc1ccccc1. The van der Waals surface area contributed by atoms with Crippen molar-refractivity contribution in [3.8, 4) is 0 Å². The molecular formula is C15H14NO. The molecule has 0 heterocycles. The Morgan fingerprint density at radius 3 is 1.94 bits per heavy atom. The first-order valence-electron chi connectivity index (χ1n) is 5.63. The number of hydrogen-bond acceptors (Lipinski definition) is 1. The van der Waals surface area contributed by atoms with Gasteiger partial charge in [0.2, 0.25) is 5.91 Å². The van der Waals surface area contributed by atoms with Gasteiger partial charge in [0, 0.05) is 0 Å². The first kappa shape index (κ1) is 11.4. The van der Waals surface area contributed by atoms with E-state index in [2.05, 4.69) is 5.32 Å². The molecule has 85 valence electrons. The van der Waals surface area contributed by atoms with Crippen LogP contribution in [0.3, 0.4) is 0 Å². The molecule has 2 aromatic carbocycles. The lowest BCUT2D eigenvalue weighted by Gasteiger charge is -2.02. The third kappa shape index (κ3) is 3.76. The molecule has 0 unspecified atom stereocenters. The van der Waals surface area contributed by atoms with Crippen LogP contribution in [-0.2, 0) is 17.8 Å². The summed E-state index contributed by atoms with van der Waals surface area (Å²) in [6.45, 7) is 0.465. The quantitative estimate of drug-likeness (QED) is 0.785. The Balaban J connectivity index is 1.83. The Morgan fingerprint density at radius 2 is 1.35 bits per heavy atom. The maximum absolute atomic E-state index is 11.6. The lowest BCUT2D eigenvalue weighted by atomic mass is 10.1. The molecule has 2 aromatic rings. The van der Waals surface area contributed by atoms with Crippen LogP contribution >= 0.6 is 0 Å². The van der Waals surface area contributed by atoms with Gasteiger partial charge in [0.05, 0.1) is 13.0 Å². The maximum Gasteiger partial charge on any atom is 0.245 e. The van der Waals surface area contributed by atoms with Gasteiger partial charge in [0.1, 0.15) is 0 Å². The van der Waals surface area contributed by atoms with Gasteiger partial charge in [-0.15, -0.1) is 0 Å². The van der Waals surface area contributed by atoms with Crippen LogP contribution in [-0.4, -0.2) is 5.91 Å². The van der Waals surface area contributed by atoms with Crippen LogP contribution in [0.5, 0.6) is 0 Å². The molecule has 0 aliphatic heterocycles. The van der Waals surface area contributed by atoms with Crippen molar-refractivity contribution < 1.29 is 4.79 Å². The van der Waals surface area contributed by atoms with E-state index in [1.165, 1.54) is 0 Å². The molecule has 2 heteroatoms. The third-order valence-electron chi connectivity index (χ3n) is 2.48. The lowest BCUT2D eigenvalue weighted by molar-refractivity contribution is -0.120. The van der Waals surface area contributed by atoms with Gasteiger partial charge in [0.15, 0.2) is 0 Å². The van der Waals surface area contributed by atoms with E-state index in [0.717, 1.165) is 11.1 Å². The van der Waals surface area contributed by atoms with Gasteiger partial charge in [-0.1, -0.05) is 60.7 Å². The van der Waals surface area contributed by atoms with E-state index in [4.69, 9.17) is 0 Å². The highest BCUT2D eigenvalue weighted by Gasteiger charge is 2.04. The molecule has 0 N–H and O–H groups in total. The molecule has 0 aliphatic rings. The molecule has 0 atom stereocenters. The second kappa shape index (κ2) is 5.85. The Hall–Kier alpha value is -2.09. The zero-order chi connectivity index (χ0) is 11.9. The Morgan fingerprint density at radius 1 is 0.824 bits per heavy atom. The molecule has 1 amide bonds. The minimum absolute atomic E-state index is 0.0694. The van der Waals surface area contributed by atoms with Crippen molar-refractivity contribution in [1.29, 1.82) is 0 Å². The van der Waals surface area contributed by atoms with Gasteiger partial charge in [-0.3, -0.25) is 4.79 Å². The minimum Gasteiger partial charge on any atom is -0.273 e. The second-order valence-corrected chi connectivity index (χ2v) is 3.86. The molecule has 2 nitrogen and oxygen atoms in total. The van der Waals surface area contributed by atoms with Gasteiger partial charge < -0.3 is 0 Å². The standard InChI is InChI=1S/C15H14NO/c17-15(11-13-7-3-1-4-8-13)16-12-14-9-5-2-6-10-14/h1-10H,11-12H2. The third-order valence-corrected chi connectivity index (χ3v) is 2.48. The molecular weight excluding hydrogens is 210 g/mol. The molecule has 0 bridgehead atoms. The number of hydrogen-bond donors (Lipinski definition) is 0. The molecule has 0 saturated heterocycles. The summed E-state index contributed by atoms with van der Waals surface area (Å²) in [4.78, 5) is 11.6. The highest BCUT2D eigenvalue weighted by molar-refractivity contribution is 5.78. The van der Waals surface area contributed by atoms with Crippen LogP contribution in [0, 0.1) is 0 Å². The van der Waals surface area contributed by atoms with Gasteiger partial charge in [0.25, 0.3) is 0 Å². The summed E-state index contributed by atoms with van der Waals surface area (Å²) in [5.41, 5.74) is 2.07. The zero-order valence-electron chi connectivity index (χ0n) is 9.54. The van der Waals surface area contributed by atoms with E-state index in [-0.39, 0.29) is 5.91 Å². The maximum atomic E-state index is 11.6. The Bertz CT molecular complexity index is 465. The minimum atomic E-state index is -0.0694. The number of amides is 1. The normalized spacial score (nSPS) is 9.88. The molecule has 2 rings (SSSR count). The summed E-state index contributed by atoms with van der Waals surface area (Å²) in [5.74, 6) is -0.0694. The fraction of sp³-hybridized carbons (Fsp3) is 0.133. The molecule has 17 heavy (non-hydrogen) atoms. The number of carbonyl (C=O) groups is 1. The summed E-state index contributed by atoms with van der Waals surface area (Å²) in [5, 5.41) is 4.05. The molecule has 0 fully saturated rings. The molecule has 1 radical (unpaired) electrons. The lowest BCUT2D eigenvalue weighted by Crippen LogP contribution is -2.17. The summed E-state index contributed by atoms with van der Waals surface area (Å²) >= 11 is 0. The number of benzene rings is 2. The van der Waals surface area contributed by atoms with Crippen molar-refractivity contribution in [2.45, 2.75) is 13.0 Å². The van der Waals surface area contributed by atoms with Crippen LogP contribution in [0.25, 0.3) is 0 Å². The highest BCUT2D eigenvalue weighted by Crippen LogP contribution is 2.01. The van der Waals surface area contributed by atoms with Crippen LogP contribution < -0.4 is 5.32 Å². The number of carbonyl (C=O) groups excluding carboxylic acids is 1. The van der Waals surface area contributed by atoms with Crippen molar-refractivity contribution in [3.63, 3.8) is 0 Å². The van der Waals surface area contributed by atoms with Crippen molar-refractivity contribution in [2.24, 2.45) is 0 Å². The average Bonchev–Trinajstić information content (AvgIpc) is 2.39. The van der Waals surface area contributed by atoms with Crippen molar-refractivity contribution >= 4 is 5.91 Å². The molecule has 0 aliphatic carbocycles. The molecule has 0 spiro atoms. The molecule has 0 saturated carbocycles. The van der Waals surface area contributed by atoms with Crippen LogP contribution in [0.1, 0.15) is 11.1 Å². The summed E-state index contributed by atoms with van der Waals surface area (Å²) < 4.78 is 0. The van der Waals surface area contributed by atoms with E-state index in [1.54, 1.807) is 0 Å². The predicted octanol–water partition coefficient (Wildman–Crippen LogP) is 2.56. The summed E-state index contributed by atoms with van der Waals surface area (Å²) in [6.07, 6.45) is 0.383. The number of rotatable bonds is 4. The van der Waals surface area contributed by atoms with E-state index >= 15 is 0 Å². The summed E-state index contributed by atoms with van der Waals surface area (Å²) in [7, 11) is 0. The van der Waals surface area contributed by atoms with Gasteiger partial charge in [-0.25, -0.2) is 5.32 Å². The average molecular weight is 224 g/mol. The van der Waals surface area contributed by atoms with Gasteiger partial charge in [-0.05, 0) is 11.1 Å². The van der Waals surface area contributed by atoms with Gasteiger partial charge >= 0.3 is 0 Å². The van der Waals surface area contributed by atoms with Crippen molar-refractivity contribution in [1.82, 2.24) is 5.32 Å². The van der Waals surface area contributed by atoms with E-state index in [9.17, 15) is 4.79 Å². The van der Waals surface area contributed by atoms with Crippen molar-refractivity contribution in [2.75, 3.05) is 0 Å². The Labute approximate surface area is 101 Å².